The molecule has 2 heteroatoms. The first-order valence-electron chi connectivity index (χ1n) is 6.32. The van der Waals surface area contributed by atoms with Gasteiger partial charge in [-0.2, -0.15) is 0 Å². The predicted molar refractivity (Wildman–Crippen MR) is 69.9 cm³/mol. The lowest BCUT2D eigenvalue weighted by atomic mass is 10.1. The van der Waals surface area contributed by atoms with Crippen LogP contribution in [0.2, 0.25) is 0 Å². The van der Waals surface area contributed by atoms with Gasteiger partial charge in [-0.3, -0.25) is 0 Å². The molecule has 1 heterocycles. The lowest BCUT2D eigenvalue weighted by Gasteiger charge is -2.32. The largest absolute Gasteiger partial charge is 0.371 e. The molecule has 1 aromatic rings. The summed E-state index contributed by atoms with van der Waals surface area (Å²) in [5, 5.41) is 3.63. The summed E-state index contributed by atoms with van der Waals surface area (Å²) >= 11 is 0. The molecule has 1 N–H and O–H groups in total. The Hall–Kier alpha value is -1.02. The van der Waals surface area contributed by atoms with Crippen molar-refractivity contribution in [3.8, 4) is 0 Å². The van der Waals surface area contributed by atoms with E-state index in [1.165, 1.54) is 18.5 Å². The van der Waals surface area contributed by atoms with Gasteiger partial charge in [0.2, 0.25) is 0 Å². The van der Waals surface area contributed by atoms with Crippen molar-refractivity contribution in [2.45, 2.75) is 38.8 Å². The highest BCUT2D eigenvalue weighted by atomic mass is 15.1. The number of nitrogens with zero attached hydrogens (tertiary/aromatic N) is 1. The monoisotopic (exact) mass is 218 g/mol. The third-order valence-electron chi connectivity index (χ3n) is 3.35. The van der Waals surface area contributed by atoms with Gasteiger partial charge in [-0.1, -0.05) is 18.2 Å². The summed E-state index contributed by atoms with van der Waals surface area (Å²) in [7, 11) is 0. The van der Waals surface area contributed by atoms with E-state index < -0.39 is 0 Å². The second-order valence-corrected chi connectivity index (χ2v) is 4.87. The summed E-state index contributed by atoms with van der Waals surface area (Å²) in [5.41, 5.74) is 1.36. The molecule has 16 heavy (non-hydrogen) atoms. The van der Waals surface area contributed by atoms with Crippen LogP contribution in [0.3, 0.4) is 0 Å². The Labute approximate surface area is 98.7 Å². The molecule has 2 unspecified atom stereocenters. The highest BCUT2D eigenvalue weighted by Crippen LogP contribution is 2.16. The summed E-state index contributed by atoms with van der Waals surface area (Å²) in [5.74, 6) is 0. The van der Waals surface area contributed by atoms with E-state index in [2.05, 4.69) is 54.4 Å². The Morgan fingerprint density at radius 2 is 1.56 bits per heavy atom. The maximum absolute atomic E-state index is 3.63. The normalized spacial score (nSPS) is 27.2. The molecule has 1 aliphatic rings. The van der Waals surface area contributed by atoms with Crippen LogP contribution in [0.4, 0.5) is 5.69 Å². The van der Waals surface area contributed by atoms with E-state index in [1.807, 2.05) is 0 Å². The van der Waals surface area contributed by atoms with E-state index >= 15 is 0 Å². The molecule has 0 bridgehead atoms. The lowest BCUT2D eigenvalue weighted by Crippen LogP contribution is -2.43. The van der Waals surface area contributed by atoms with E-state index in [0.717, 1.165) is 13.1 Å². The molecule has 1 fully saturated rings. The molecule has 88 valence electrons. The fourth-order valence-electron chi connectivity index (χ4n) is 2.36. The highest BCUT2D eigenvalue weighted by molar-refractivity contribution is 5.45. The van der Waals surface area contributed by atoms with Crippen LogP contribution in [0.25, 0.3) is 0 Å². The fraction of sp³-hybridized carbons (Fsp3) is 0.571. The Morgan fingerprint density at radius 3 is 2.12 bits per heavy atom. The van der Waals surface area contributed by atoms with Gasteiger partial charge in [-0.05, 0) is 38.8 Å². The number of nitrogens with one attached hydrogen (secondary N) is 1. The van der Waals surface area contributed by atoms with Gasteiger partial charge >= 0.3 is 0 Å². The van der Waals surface area contributed by atoms with Crippen molar-refractivity contribution in [3.05, 3.63) is 30.3 Å². The van der Waals surface area contributed by atoms with Crippen LogP contribution in [-0.4, -0.2) is 25.2 Å². The van der Waals surface area contributed by atoms with Crippen molar-refractivity contribution >= 4 is 5.69 Å². The van der Waals surface area contributed by atoms with E-state index in [1.54, 1.807) is 0 Å². The summed E-state index contributed by atoms with van der Waals surface area (Å²) in [6, 6.07) is 12.0. The molecule has 0 spiro atoms. The van der Waals surface area contributed by atoms with E-state index in [9.17, 15) is 0 Å². The van der Waals surface area contributed by atoms with Gasteiger partial charge in [-0.25, -0.2) is 0 Å². The van der Waals surface area contributed by atoms with Gasteiger partial charge in [0.15, 0.2) is 0 Å². The molecule has 1 saturated heterocycles. The number of rotatable bonds is 1. The number of hydrogen-bond acceptors (Lipinski definition) is 2. The Bertz CT molecular complexity index is 298. The van der Waals surface area contributed by atoms with Crippen LogP contribution in [-0.2, 0) is 0 Å². The van der Waals surface area contributed by atoms with Gasteiger partial charge in [0, 0.05) is 30.9 Å². The lowest BCUT2D eigenvalue weighted by molar-refractivity contribution is 0.404. The summed E-state index contributed by atoms with van der Waals surface area (Å²) in [6.07, 6.45) is 2.44. The van der Waals surface area contributed by atoms with Crippen LogP contribution in [0, 0.1) is 0 Å². The number of benzene rings is 1. The second-order valence-electron chi connectivity index (χ2n) is 4.87. The quantitative estimate of drug-likeness (QED) is 0.779. The van der Waals surface area contributed by atoms with Gasteiger partial charge < -0.3 is 10.2 Å². The Balaban J connectivity index is 2.04. The molecule has 2 rings (SSSR count). The van der Waals surface area contributed by atoms with E-state index in [0.29, 0.717) is 12.1 Å². The topological polar surface area (TPSA) is 15.3 Å². The molecular weight excluding hydrogens is 196 g/mol. The molecule has 0 radical (unpaired) electrons. The Morgan fingerprint density at radius 1 is 1.00 bits per heavy atom. The average molecular weight is 218 g/mol. The first kappa shape index (κ1) is 11.5. The molecular formula is C14H22N2. The van der Waals surface area contributed by atoms with Crippen LogP contribution in [0.5, 0.6) is 0 Å². The SMILES string of the molecule is CC1CCN(c2ccccc2)CCC(C)N1. The van der Waals surface area contributed by atoms with Crippen molar-refractivity contribution in [3.63, 3.8) is 0 Å². The van der Waals surface area contributed by atoms with Crippen LogP contribution in [0.1, 0.15) is 26.7 Å². The number of anilines is 1. The summed E-state index contributed by atoms with van der Waals surface area (Å²) in [4.78, 5) is 2.51. The van der Waals surface area contributed by atoms with Gasteiger partial charge in [0.05, 0.1) is 0 Å². The van der Waals surface area contributed by atoms with Gasteiger partial charge in [0.1, 0.15) is 0 Å². The van der Waals surface area contributed by atoms with Gasteiger partial charge in [0.25, 0.3) is 0 Å². The van der Waals surface area contributed by atoms with Crippen LogP contribution in [0.15, 0.2) is 30.3 Å². The zero-order valence-corrected chi connectivity index (χ0v) is 10.3. The summed E-state index contributed by atoms with van der Waals surface area (Å²) < 4.78 is 0. The minimum absolute atomic E-state index is 0.626. The molecule has 1 aliphatic heterocycles. The second kappa shape index (κ2) is 5.35. The molecule has 0 amide bonds. The fourth-order valence-corrected chi connectivity index (χ4v) is 2.36. The van der Waals surface area contributed by atoms with Crippen LogP contribution >= 0.6 is 0 Å². The van der Waals surface area contributed by atoms with Crippen molar-refractivity contribution in [2.24, 2.45) is 0 Å². The van der Waals surface area contributed by atoms with E-state index in [-0.39, 0.29) is 0 Å². The molecule has 0 aromatic heterocycles. The first-order chi connectivity index (χ1) is 7.75. The van der Waals surface area contributed by atoms with Crippen molar-refractivity contribution < 1.29 is 0 Å². The standard InChI is InChI=1S/C14H22N2/c1-12-8-10-16(11-9-13(2)15-12)14-6-4-3-5-7-14/h3-7,12-13,15H,8-11H2,1-2H3. The molecule has 2 atom stereocenters. The maximum atomic E-state index is 3.63. The van der Waals surface area contributed by atoms with Crippen molar-refractivity contribution in [1.29, 1.82) is 0 Å². The number of hydrogen-bond donors (Lipinski definition) is 1. The molecule has 0 saturated carbocycles. The highest BCUT2D eigenvalue weighted by Gasteiger charge is 2.15. The zero-order valence-electron chi connectivity index (χ0n) is 10.3. The number of para-hydroxylation sites is 1. The first-order valence-corrected chi connectivity index (χ1v) is 6.32. The smallest absolute Gasteiger partial charge is 0.0366 e. The van der Waals surface area contributed by atoms with Crippen molar-refractivity contribution in [1.82, 2.24) is 5.32 Å². The molecule has 2 nitrogen and oxygen atoms in total. The van der Waals surface area contributed by atoms with Gasteiger partial charge in [-0.15, -0.1) is 0 Å². The third kappa shape index (κ3) is 2.99. The Kier molecular flexibility index (Phi) is 3.83. The third-order valence-corrected chi connectivity index (χ3v) is 3.35. The minimum Gasteiger partial charge on any atom is -0.371 e. The average Bonchev–Trinajstić information content (AvgIpc) is 2.28. The maximum Gasteiger partial charge on any atom is 0.0366 e. The molecule has 1 aromatic carbocycles. The van der Waals surface area contributed by atoms with Crippen LogP contribution < -0.4 is 10.2 Å². The molecule has 0 aliphatic carbocycles. The predicted octanol–water partition coefficient (Wildman–Crippen LogP) is 2.65. The summed E-state index contributed by atoms with van der Waals surface area (Å²) in [6.45, 7) is 6.88. The van der Waals surface area contributed by atoms with E-state index in [4.69, 9.17) is 0 Å². The minimum atomic E-state index is 0.626. The zero-order chi connectivity index (χ0) is 11.4. The van der Waals surface area contributed by atoms with Crippen molar-refractivity contribution in [2.75, 3.05) is 18.0 Å².